The molecule has 46 heavy (non-hydrogen) atoms. The number of hydrogen-bond donors (Lipinski definition) is 2. The van der Waals surface area contributed by atoms with Gasteiger partial charge in [-0.05, 0) is 65.5 Å². The Balaban J connectivity index is 1.80. The predicted molar refractivity (Wildman–Crippen MR) is 176 cm³/mol. The zero-order valence-electron chi connectivity index (χ0n) is 27.4. The summed E-state index contributed by atoms with van der Waals surface area (Å²) in [5, 5.41) is 6.06. The molecule has 0 fully saturated rings. The van der Waals surface area contributed by atoms with E-state index in [1.807, 2.05) is 0 Å². The third kappa shape index (κ3) is 10.9. The minimum Gasteiger partial charge on any atom is -0.462 e. The summed E-state index contributed by atoms with van der Waals surface area (Å²) in [6.07, 6.45) is 5.09. The average molecular weight is 681 g/mol. The number of hydrogen-bond acceptors (Lipinski definition) is 12. The van der Waals surface area contributed by atoms with E-state index in [4.69, 9.17) is 18.9 Å². The highest BCUT2D eigenvalue weighted by molar-refractivity contribution is 7.19. The van der Waals surface area contributed by atoms with Gasteiger partial charge in [0.05, 0.1) is 37.6 Å². The fourth-order valence-corrected chi connectivity index (χ4v) is 6.75. The highest BCUT2D eigenvalue weighted by atomic mass is 32.1. The molecule has 0 radical (unpaired) electrons. The summed E-state index contributed by atoms with van der Waals surface area (Å²) in [5.41, 5.74) is 1.16. The number of thiophene rings is 2. The van der Waals surface area contributed by atoms with Gasteiger partial charge in [0.1, 0.15) is 19.8 Å². The Kier molecular flexibility index (Phi) is 16.4. The Morgan fingerprint density at radius 2 is 0.804 bits per heavy atom. The Labute approximate surface area is 277 Å². The molecule has 0 spiro atoms. The molecule has 2 aromatic heterocycles. The van der Waals surface area contributed by atoms with Crippen molar-refractivity contribution in [3.05, 3.63) is 32.0 Å². The van der Waals surface area contributed by atoms with Gasteiger partial charge < -0.3 is 29.6 Å². The maximum atomic E-state index is 12.6. The zero-order valence-corrected chi connectivity index (χ0v) is 29.0. The maximum absolute atomic E-state index is 12.6. The third-order valence-electron chi connectivity index (χ3n) is 6.74. The number of anilines is 2. The standard InChI is InChI=1S/C32H44N2O10S2/c1-7-41-29(37)23-19(5)25(31(39)43-9-3)45-27(23)33-21(35)17-15-13-11-12-14-16-18-22(36)34-28-24(30(38)42-8-2)20(6)26(46-28)32(40)44-10-4/h7-18H2,1-6H3,(H,33,35)(H,34,36). The molecule has 0 bridgehead atoms. The van der Waals surface area contributed by atoms with E-state index in [1.165, 1.54) is 0 Å². The SMILES string of the molecule is CCOC(=O)c1sc(NC(=O)CCCCCCCCC(=O)Nc2sc(C(=O)OCC)c(C)c2C(=O)OCC)c(C(=O)OCC)c1C. The van der Waals surface area contributed by atoms with Gasteiger partial charge in [-0.25, -0.2) is 19.2 Å². The first-order chi connectivity index (χ1) is 22.0. The zero-order chi connectivity index (χ0) is 34.2. The molecule has 14 heteroatoms. The second kappa shape index (κ2) is 19.7. The molecule has 0 aliphatic heterocycles. The minimum absolute atomic E-state index is 0.156. The molecule has 2 N–H and O–H groups in total. The van der Waals surface area contributed by atoms with Crippen LogP contribution in [0.5, 0.6) is 0 Å². The summed E-state index contributed by atoms with van der Waals surface area (Å²) >= 11 is 2.00. The van der Waals surface area contributed by atoms with Crippen LogP contribution in [-0.2, 0) is 28.5 Å². The fraction of sp³-hybridized carbons (Fsp3) is 0.562. The van der Waals surface area contributed by atoms with Crippen LogP contribution in [0.15, 0.2) is 0 Å². The van der Waals surface area contributed by atoms with Crippen LogP contribution >= 0.6 is 22.7 Å². The lowest BCUT2D eigenvalue weighted by molar-refractivity contribution is -0.117. The number of amides is 2. The third-order valence-corrected chi connectivity index (χ3v) is 9.11. The van der Waals surface area contributed by atoms with E-state index in [0.29, 0.717) is 24.0 Å². The summed E-state index contributed by atoms with van der Waals surface area (Å²) in [4.78, 5) is 75.5. The lowest BCUT2D eigenvalue weighted by Gasteiger charge is -2.08. The molecule has 0 aliphatic rings. The smallest absolute Gasteiger partial charge is 0.348 e. The highest BCUT2D eigenvalue weighted by Crippen LogP contribution is 2.35. The van der Waals surface area contributed by atoms with Crippen molar-refractivity contribution in [2.45, 2.75) is 92.9 Å². The maximum Gasteiger partial charge on any atom is 0.348 e. The topological polar surface area (TPSA) is 163 Å². The number of rotatable bonds is 19. The fourth-order valence-electron chi connectivity index (χ4n) is 4.54. The summed E-state index contributed by atoms with van der Waals surface area (Å²) < 4.78 is 20.4. The molecular weight excluding hydrogens is 636 g/mol. The predicted octanol–water partition coefficient (Wildman–Crippen LogP) is 6.83. The summed E-state index contributed by atoms with van der Waals surface area (Å²) in [6, 6.07) is 0. The Morgan fingerprint density at radius 3 is 1.13 bits per heavy atom. The van der Waals surface area contributed by atoms with Crippen LogP contribution in [-0.4, -0.2) is 62.1 Å². The van der Waals surface area contributed by atoms with Crippen LogP contribution in [0.4, 0.5) is 10.0 Å². The first-order valence-electron chi connectivity index (χ1n) is 15.5. The van der Waals surface area contributed by atoms with Crippen molar-refractivity contribution in [2.24, 2.45) is 0 Å². The molecule has 0 aliphatic carbocycles. The number of esters is 4. The van der Waals surface area contributed by atoms with Crippen molar-refractivity contribution in [3.63, 3.8) is 0 Å². The van der Waals surface area contributed by atoms with Gasteiger partial charge in [0.15, 0.2) is 0 Å². The number of carbonyl (C=O) groups excluding carboxylic acids is 6. The number of nitrogens with one attached hydrogen (secondary N) is 2. The first-order valence-corrected chi connectivity index (χ1v) is 17.2. The van der Waals surface area contributed by atoms with E-state index in [0.717, 1.165) is 48.4 Å². The molecule has 2 aromatic rings. The second-order valence-corrected chi connectivity index (χ2v) is 12.2. The number of ether oxygens (including phenoxy) is 4. The van der Waals surface area contributed by atoms with Crippen molar-refractivity contribution < 1.29 is 47.7 Å². The van der Waals surface area contributed by atoms with Crippen molar-refractivity contribution in [1.82, 2.24) is 0 Å². The van der Waals surface area contributed by atoms with Crippen LogP contribution < -0.4 is 10.6 Å². The lowest BCUT2D eigenvalue weighted by Crippen LogP contribution is -2.14. The van der Waals surface area contributed by atoms with E-state index in [9.17, 15) is 28.8 Å². The van der Waals surface area contributed by atoms with Gasteiger partial charge in [-0.15, -0.1) is 22.7 Å². The van der Waals surface area contributed by atoms with E-state index < -0.39 is 23.9 Å². The highest BCUT2D eigenvalue weighted by Gasteiger charge is 2.28. The average Bonchev–Trinajstić information content (AvgIpc) is 3.50. The van der Waals surface area contributed by atoms with Gasteiger partial charge >= 0.3 is 23.9 Å². The quantitative estimate of drug-likeness (QED) is 0.0913. The summed E-state index contributed by atoms with van der Waals surface area (Å²) in [7, 11) is 0. The minimum atomic E-state index is -0.609. The summed E-state index contributed by atoms with van der Waals surface area (Å²) in [5.74, 6) is -2.87. The normalized spacial score (nSPS) is 10.7. The van der Waals surface area contributed by atoms with E-state index in [-0.39, 0.29) is 82.0 Å². The van der Waals surface area contributed by atoms with Gasteiger partial charge in [0.2, 0.25) is 11.8 Å². The van der Waals surface area contributed by atoms with Crippen molar-refractivity contribution in [1.29, 1.82) is 0 Å². The molecule has 2 amide bonds. The van der Waals surface area contributed by atoms with Gasteiger partial charge in [-0.2, -0.15) is 0 Å². The van der Waals surface area contributed by atoms with Gasteiger partial charge in [-0.3, -0.25) is 9.59 Å². The lowest BCUT2D eigenvalue weighted by atomic mass is 10.1. The van der Waals surface area contributed by atoms with E-state index in [2.05, 4.69) is 10.6 Å². The number of carbonyl (C=O) groups is 6. The molecule has 12 nitrogen and oxygen atoms in total. The van der Waals surface area contributed by atoms with Crippen LogP contribution in [0.1, 0.15) is 130 Å². The van der Waals surface area contributed by atoms with E-state index >= 15 is 0 Å². The van der Waals surface area contributed by atoms with Crippen molar-refractivity contribution >= 4 is 68.4 Å². The monoisotopic (exact) mass is 680 g/mol. The van der Waals surface area contributed by atoms with Crippen LogP contribution in [0.3, 0.4) is 0 Å². The van der Waals surface area contributed by atoms with Crippen molar-refractivity contribution in [3.8, 4) is 0 Å². The summed E-state index contributed by atoms with van der Waals surface area (Å²) in [6.45, 7) is 10.7. The molecular formula is C32H44N2O10S2. The van der Waals surface area contributed by atoms with Gasteiger partial charge in [0, 0.05) is 12.8 Å². The molecule has 0 saturated carbocycles. The second-order valence-electron chi connectivity index (χ2n) is 10.1. The Hall–Kier alpha value is -3.78. The van der Waals surface area contributed by atoms with Crippen molar-refractivity contribution in [2.75, 3.05) is 37.1 Å². The molecule has 0 aromatic carbocycles. The first kappa shape index (κ1) is 38.4. The van der Waals surface area contributed by atoms with Gasteiger partial charge in [0.25, 0.3) is 0 Å². The molecule has 254 valence electrons. The van der Waals surface area contributed by atoms with E-state index in [1.54, 1.807) is 41.5 Å². The largest absolute Gasteiger partial charge is 0.462 e. The molecule has 2 rings (SSSR count). The Bertz CT molecular complexity index is 1290. The molecule has 0 unspecified atom stereocenters. The Morgan fingerprint density at radius 1 is 0.500 bits per heavy atom. The van der Waals surface area contributed by atoms with Gasteiger partial charge in [-0.1, -0.05) is 25.7 Å². The van der Waals surface area contributed by atoms with Crippen LogP contribution in [0.25, 0.3) is 0 Å². The molecule has 2 heterocycles. The number of unbranched alkanes of at least 4 members (excludes halogenated alkanes) is 5. The van der Waals surface area contributed by atoms with Crippen LogP contribution in [0, 0.1) is 13.8 Å². The molecule has 0 saturated heterocycles. The van der Waals surface area contributed by atoms with Crippen LogP contribution in [0.2, 0.25) is 0 Å². The molecule has 0 atom stereocenters.